The van der Waals surface area contributed by atoms with Crippen molar-refractivity contribution in [3.8, 4) is 11.1 Å². The Labute approximate surface area is 292 Å². The van der Waals surface area contributed by atoms with E-state index in [4.69, 9.17) is 9.52 Å². The number of hydrogen-bond donors (Lipinski definition) is 1. The normalized spacial score (nSPS) is 15.7. The van der Waals surface area contributed by atoms with Gasteiger partial charge in [0, 0.05) is 31.1 Å². The summed E-state index contributed by atoms with van der Waals surface area (Å²) in [6.45, 7) is 8.11. The van der Waals surface area contributed by atoms with Gasteiger partial charge in [0.2, 0.25) is 5.88 Å². The van der Waals surface area contributed by atoms with Gasteiger partial charge >= 0.3 is 0 Å². The molecular weight excluding hydrogens is 659 g/mol. The number of hydrogen-bond acceptors (Lipinski definition) is 8. The van der Waals surface area contributed by atoms with E-state index in [1.807, 2.05) is 41.5 Å². The highest BCUT2D eigenvalue weighted by atomic mass is 32.2. The minimum atomic E-state index is -4.10. The van der Waals surface area contributed by atoms with Gasteiger partial charge in [-0.15, -0.1) is 11.3 Å². The fraction of sp³-hybridized carbons (Fsp3) is 0.405. The first-order valence-electron chi connectivity index (χ1n) is 16.8. The van der Waals surface area contributed by atoms with Crippen molar-refractivity contribution in [1.29, 1.82) is 0 Å². The highest BCUT2D eigenvalue weighted by Crippen LogP contribution is 2.41. The van der Waals surface area contributed by atoms with Crippen LogP contribution >= 0.6 is 11.3 Å². The Bertz CT molecular complexity index is 2020. The van der Waals surface area contributed by atoms with E-state index in [2.05, 4.69) is 16.8 Å². The number of rotatable bonds is 12. The van der Waals surface area contributed by atoms with Gasteiger partial charge in [0.05, 0.1) is 22.0 Å². The summed E-state index contributed by atoms with van der Waals surface area (Å²) >= 11 is 1.40. The van der Waals surface area contributed by atoms with Crippen molar-refractivity contribution in [2.75, 3.05) is 11.8 Å². The predicted molar refractivity (Wildman–Crippen MR) is 192 cm³/mol. The Kier molecular flexibility index (Phi) is 9.81. The molecular formula is C37H43N5O5S2. The Morgan fingerprint density at radius 3 is 2.51 bits per heavy atom. The van der Waals surface area contributed by atoms with Crippen molar-refractivity contribution in [3.05, 3.63) is 86.7 Å². The van der Waals surface area contributed by atoms with Gasteiger partial charge in [-0.1, -0.05) is 67.7 Å². The number of sulfonamides is 1. The standard InChI is InChI=1S/C37H43N5O5S2/c1-6-7-14-32-38-37(18-10-11-19-37)36(44)42(32)22-27-15-16-29(28(21-27)23-41(5)35(43)33-24(2)17-20-48-33)30-12-8-9-13-31(30)49(45,46)40-34-25(3)26(4)39-47-34/h8-9,12-13,15-17,20-21,40H,6-7,10-11,14,18-19,22-23H2,1-5H3. The third-order valence-corrected chi connectivity index (χ3v) is 12.0. The summed E-state index contributed by atoms with van der Waals surface area (Å²) in [5, 5.41) is 5.79. The highest BCUT2D eigenvalue weighted by Gasteiger charge is 2.49. The molecule has 1 N–H and O–H groups in total. The van der Waals surface area contributed by atoms with Crippen LogP contribution in [0.1, 0.15) is 89.5 Å². The quantitative estimate of drug-likeness (QED) is 0.162. The van der Waals surface area contributed by atoms with Crippen LogP contribution in [0.15, 0.2) is 68.3 Å². The van der Waals surface area contributed by atoms with Gasteiger partial charge in [0.25, 0.3) is 21.8 Å². The Morgan fingerprint density at radius 1 is 1.08 bits per heavy atom. The zero-order valence-corrected chi connectivity index (χ0v) is 30.3. The van der Waals surface area contributed by atoms with Crippen LogP contribution in [0.4, 0.5) is 5.88 Å². The second-order valence-corrected chi connectivity index (χ2v) is 15.7. The van der Waals surface area contributed by atoms with E-state index < -0.39 is 15.6 Å². The number of carbonyl (C=O) groups is 2. The van der Waals surface area contributed by atoms with E-state index >= 15 is 0 Å². The maximum absolute atomic E-state index is 13.9. The van der Waals surface area contributed by atoms with E-state index in [1.54, 1.807) is 50.1 Å². The summed E-state index contributed by atoms with van der Waals surface area (Å²) in [5.41, 5.74) is 4.24. The molecule has 0 unspecified atom stereocenters. The first-order chi connectivity index (χ1) is 23.4. The molecule has 0 atom stereocenters. The summed E-state index contributed by atoms with van der Waals surface area (Å²) in [5.74, 6) is 0.868. The molecule has 49 heavy (non-hydrogen) atoms. The lowest BCUT2D eigenvalue weighted by Crippen LogP contribution is -2.40. The predicted octanol–water partition coefficient (Wildman–Crippen LogP) is 7.65. The number of thiophene rings is 1. The lowest BCUT2D eigenvalue weighted by molar-refractivity contribution is -0.131. The molecule has 258 valence electrons. The molecule has 0 radical (unpaired) electrons. The summed E-state index contributed by atoms with van der Waals surface area (Å²) in [6, 6.07) is 14.5. The van der Waals surface area contributed by atoms with Gasteiger partial charge in [-0.05, 0) is 79.8 Å². The molecule has 3 heterocycles. The minimum Gasteiger partial charge on any atom is -0.337 e. The molecule has 0 saturated heterocycles. The maximum atomic E-state index is 13.9. The molecule has 2 amide bonds. The fourth-order valence-electron chi connectivity index (χ4n) is 6.72. The molecule has 2 aromatic carbocycles. The van der Waals surface area contributed by atoms with Crippen LogP contribution in [0.25, 0.3) is 11.1 Å². The maximum Gasteiger partial charge on any atom is 0.264 e. The number of amides is 2. The van der Waals surface area contributed by atoms with Crippen molar-refractivity contribution < 1.29 is 22.5 Å². The number of nitrogens with one attached hydrogen (secondary N) is 1. The van der Waals surface area contributed by atoms with Gasteiger partial charge < -0.3 is 9.42 Å². The number of unbranched alkanes of at least 4 members (excludes halogenated alkanes) is 1. The Morgan fingerprint density at radius 2 is 1.84 bits per heavy atom. The van der Waals surface area contributed by atoms with Crippen LogP contribution < -0.4 is 4.72 Å². The largest absolute Gasteiger partial charge is 0.337 e. The molecule has 2 aromatic heterocycles. The average molecular weight is 702 g/mol. The monoisotopic (exact) mass is 701 g/mol. The molecule has 4 aromatic rings. The molecule has 1 spiro atoms. The van der Waals surface area contributed by atoms with Crippen molar-refractivity contribution in [3.63, 3.8) is 0 Å². The number of benzene rings is 2. The molecule has 10 nitrogen and oxygen atoms in total. The van der Waals surface area contributed by atoms with Crippen LogP contribution in [-0.2, 0) is 27.9 Å². The summed E-state index contributed by atoms with van der Waals surface area (Å²) in [7, 11) is -2.35. The van der Waals surface area contributed by atoms with E-state index in [0.717, 1.165) is 67.5 Å². The average Bonchev–Trinajstić information content (AvgIpc) is 3.87. The molecule has 6 rings (SSSR count). The van der Waals surface area contributed by atoms with Crippen LogP contribution in [0.3, 0.4) is 0 Å². The number of aryl methyl sites for hydroxylation is 2. The zero-order chi connectivity index (χ0) is 34.9. The SMILES string of the molecule is CCCCC1=NC2(CCCC2)C(=O)N1Cc1ccc(-c2ccccc2S(=O)(=O)Nc2onc(C)c2C)c(CN(C)C(=O)c2sccc2C)c1. The second-order valence-electron chi connectivity index (χ2n) is 13.2. The Balaban J connectivity index is 1.39. The van der Waals surface area contributed by atoms with Gasteiger partial charge in [-0.3, -0.25) is 19.5 Å². The number of carbonyl (C=O) groups excluding carboxylic acids is 2. The van der Waals surface area contributed by atoms with Crippen LogP contribution in [0, 0.1) is 20.8 Å². The van der Waals surface area contributed by atoms with Crippen LogP contribution in [0.5, 0.6) is 0 Å². The third kappa shape index (κ3) is 6.81. The molecule has 1 aliphatic heterocycles. The van der Waals surface area contributed by atoms with E-state index in [0.29, 0.717) is 33.8 Å². The molecule has 1 fully saturated rings. The lowest BCUT2D eigenvalue weighted by atomic mass is 9.96. The van der Waals surface area contributed by atoms with Gasteiger partial charge in [-0.25, -0.2) is 13.1 Å². The first-order valence-corrected chi connectivity index (χ1v) is 19.2. The fourth-order valence-corrected chi connectivity index (χ4v) is 8.91. The highest BCUT2D eigenvalue weighted by molar-refractivity contribution is 7.92. The first kappa shape index (κ1) is 34.6. The number of amidine groups is 1. The van der Waals surface area contributed by atoms with Crippen molar-refractivity contribution in [2.45, 2.75) is 96.2 Å². The molecule has 2 aliphatic rings. The van der Waals surface area contributed by atoms with Gasteiger partial charge in [0.15, 0.2) is 0 Å². The third-order valence-electron chi connectivity index (χ3n) is 9.65. The Hall–Kier alpha value is -4.29. The number of anilines is 1. The number of aromatic nitrogens is 1. The molecule has 12 heteroatoms. The molecule has 1 saturated carbocycles. The second kappa shape index (κ2) is 13.9. The number of nitrogens with zero attached hydrogens (tertiary/aromatic N) is 4. The number of aliphatic imine (C=N–C) groups is 1. The topological polar surface area (TPSA) is 125 Å². The molecule has 0 bridgehead atoms. The van der Waals surface area contributed by atoms with E-state index in [-0.39, 0.29) is 29.1 Å². The van der Waals surface area contributed by atoms with Crippen LogP contribution in [-0.4, -0.2) is 53.6 Å². The van der Waals surface area contributed by atoms with Crippen LogP contribution in [0.2, 0.25) is 0 Å². The lowest BCUT2D eigenvalue weighted by Gasteiger charge is -2.24. The van der Waals surface area contributed by atoms with Crippen molar-refractivity contribution in [1.82, 2.24) is 15.0 Å². The van der Waals surface area contributed by atoms with Gasteiger partial charge in [0.1, 0.15) is 11.4 Å². The van der Waals surface area contributed by atoms with E-state index in [9.17, 15) is 18.0 Å². The zero-order valence-electron chi connectivity index (χ0n) is 28.7. The van der Waals surface area contributed by atoms with Crippen molar-refractivity contribution >= 4 is 44.9 Å². The van der Waals surface area contributed by atoms with Gasteiger partial charge in [-0.2, -0.15) is 0 Å². The smallest absolute Gasteiger partial charge is 0.264 e. The minimum absolute atomic E-state index is 0.0624. The molecule has 1 aliphatic carbocycles. The van der Waals surface area contributed by atoms with E-state index in [1.165, 1.54) is 11.3 Å². The summed E-state index contributed by atoms with van der Waals surface area (Å²) in [4.78, 5) is 36.8. The summed E-state index contributed by atoms with van der Waals surface area (Å²) in [6.07, 6.45) is 6.26. The van der Waals surface area contributed by atoms with Crippen molar-refractivity contribution in [2.24, 2.45) is 4.99 Å². The summed E-state index contributed by atoms with van der Waals surface area (Å²) < 4.78 is 35.5.